The van der Waals surface area contributed by atoms with Crippen LogP contribution in [-0.4, -0.2) is 14.5 Å². The molecule has 8 aromatic carbocycles. The van der Waals surface area contributed by atoms with Gasteiger partial charge in [-0.2, -0.15) is 0 Å². The van der Waals surface area contributed by atoms with Gasteiger partial charge in [0.05, 0.1) is 27.5 Å². The Morgan fingerprint density at radius 3 is 1.89 bits per heavy atom. The lowest BCUT2D eigenvalue weighted by Gasteiger charge is -2.39. The lowest BCUT2D eigenvalue weighted by molar-refractivity contribution is 0.436. The van der Waals surface area contributed by atoms with Crippen molar-refractivity contribution in [2.45, 2.75) is 5.41 Å². The molecule has 246 valence electrons. The molecule has 53 heavy (non-hydrogen) atoms. The van der Waals surface area contributed by atoms with Gasteiger partial charge in [0.1, 0.15) is 17.2 Å². The summed E-state index contributed by atoms with van der Waals surface area (Å²) in [6, 6.07) is 62.8. The number of aromatic nitrogens is 3. The Kier molecular flexibility index (Phi) is 5.67. The van der Waals surface area contributed by atoms with E-state index in [-0.39, 0.29) is 0 Å². The first-order valence-electron chi connectivity index (χ1n) is 18.1. The van der Waals surface area contributed by atoms with E-state index in [9.17, 15) is 0 Å². The second-order valence-corrected chi connectivity index (χ2v) is 14.1. The summed E-state index contributed by atoms with van der Waals surface area (Å²) in [5, 5.41) is 4.81. The van der Waals surface area contributed by atoms with Crippen LogP contribution in [0.15, 0.2) is 176 Å². The van der Waals surface area contributed by atoms with Gasteiger partial charge in [-0.25, -0.2) is 9.97 Å². The number of fused-ring (bicyclic) bond motifs is 15. The molecule has 0 fully saturated rings. The Labute approximate surface area is 305 Å². The molecule has 10 aromatic rings. The zero-order valence-electron chi connectivity index (χ0n) is 28.5. The van der Waals surface area contributed by atoms with Crippen molar-refractivity contribution in [1.82, 2.24) is 14.5 Å². The first-order valence-corrected chi connectivity index (χ1v) is 18.1. The molecular formula is C49H29N3O. The van der Waals surface area contributed by atoms with Crippen LogP contribution in [0.3, 0.4) is 0 Å². The monoisotopic (exact) mass is 675 g/mol. The fourth-order valence-electron chi connectivity index (χ4n) is 9.30. The van der Waals surface area contributed by atoms with Gasteiger partial charge in [0.2, 0.25) is 0 Å². The highest BCUT2D eigenvalue weighted by molar-refractivity contribution is 6.22. The first kappa shape index (κ1) is 28.6. The lowest BCUT2D eigenvalue weighted by Crippen LogP contribution is -2.32. The predicted octanol–water partition coefficient (Wildman–Crippen LogP) is 12.0. The minimum Gasteiger partial charge on any atom is -0.457 e. The lowest BCUT2D eigenvalue weighted by atomic mass is 9.66. The van der Waals surface area contributed by atoms with Crippen molar-refractivity contribution >= 4 is 43.6 Å². The van der Waals surface area contributed by atoms with E-state index in [2.05, 4.69) is 156 Å². The van der Waals surface area contributed by atoms with Crippen LogP contribution in [0, 0.1) is 0 Å². The highest BCUT2D eigenvalue weighted by atomic mass is 16.5. The topological polar surface area (TPSA) is 39.9 Å². The predicted molar refractivity (Wildman–Crippen MR) is 214 cm³/mol. The molecule has 1 aliphatic carbocycles. The van der Waals surface area contributed by atoms with Crippen LogP contribution in [0.5, 0.6) is 11.5 Å². The summed E-state index contributed by atoms with van der Waals surface area (Å²) in [7, 11) is 0. The number of ether oxygens (including phenoxy) is 1. The zero-order chi connectivity index (χ0) is 34.7. The minimum absolute atomic E-state index is 0.591. The molecule has 1 aliphatic heterocycles. The number of para-hydroxylation sites is 4. The van der Waals surface area contributed by atoms with Crippen LogP contribution >= 0.6 is 0 Å². The van der Waals surface area contributed by atoms with Gasteiger partial charge in [0, 0.05) is 27.5 Å². The normalized spacial score (nSPS) is 13.6. The van der Waals surface area contributed by atoms with Crippen molar-refractivity contribution in [3.8, 4) is 39.7 Å². The standard InChI is InChI=1S/C49H29N3O/c1-2-15-31(16-3-1)47-48(51-41-23-11-10-22-40(41)50-47)52-42-27-26-30-14-4-5-17-32(30)46(42)35-28-34-33-18-6-7-19-36(33)49(39(34)29-43(35)52)37-20-8-12-24-44(37)53-45-25-13-9-21-38(45)49/h1-29H. The highest BCUT2D eigenvalue weighted by Crippen LogP contribution is 2.62. The first-order chi connectivity index (χ1) is 26.3. The molecule has 0 radical (unpaired) electrons. The molecule has 2 aliphatic rings. The van der Waals surface area contributed by atoms with Crippen molar-refractivity contribution in [2.75, 3.05) is 0 Å². The summed E-state index contributed by atoms with van der Waals surface area (Å²) in [5.41, 5.74) is 12.5. The molecule has 0 bridgehead atoms. The van der Waals surface area contributed by atoms with Gasteiger partial charge in [0.15, 0.2) is 5.82 Å². The van der Waals surface area contributed by atoms with Crippen LogP contribution in [-0.2, 0) is 5.41 Å². The summed E-state index contributed by atoms with van der Waals surface area (Å²) in [5.74, 6) is 2.57. The van der Waals surface area contributed by atoms with Gasteiger partial charge in [-0.15, -0.1) is 0 Å². The molecule has 0 saturated heterocycles. The third kappa shape index (κ3) is 3.74. The highest BCUT2D eigenvalue weighted by Gasteiger charge is 2.51. The van der Waals surface area contributed by atoms with E-state index >= 15 is 0 Å². The third-order valence-electron chi connectivity index (χ3n) is 11.4. The molecule has 0 atom stereocenters. The van der Waals surface area contributed by atoms with E-state index in [1.54, 1.807) is 0 Å². The van der Waals surface area contributed by atoms with E-state index < -0.39 is 5.41 Å². The Bertz CT molecular complexity index is 3110. The van der Waals surface area contributed by atoms with Gasteiger partial charge >= 0.3 is 0 Å². The Hall–Kier alpha value is -7.04. The number of nitrogens with zero attached hydrogens (tertiary/aromatic N) is 3. The zero-order valence-corrected chi connectivity index (χ0v) is 28.5. The van der Waals surface area contributed by atoms with E-state index in [0.29, 0.717) is 0 Å². The quantitative estimate of drug-likeness (QED) is 0.183. The Morgan fingerprint density at radius 2 is 1.09 bits per heavy atom. The molecule has 12 rings (SSSR count). The van der Waals surface area contributed by atoms with Crippen molar-refractivity contribution < 1.29 is 4.74 Å². The van der Waals surface area contributed by atoms with Crippen LogP contribution in [0.25, 0.3) is 71.8 Å². The molecular weight excluding hydrogens is 647 g/mol. The minimum atomic E-state index is -0.591. The SMILES string of the molecule is c1ccc(-c2nc3ccccc3nc2-n2c3cc4c(cc3c3c5ccccc5ccc32)-c2ccccc2C42c3ccccc3Oc3ccccc32)cc1. The van der Waals surface area contributed by atoms with Gasteiger partial charge < -0.3 is 4.74 Å². The van der Waals surface area contributed by atoms with Crippen molar-refractivity contribution in [3.05, 3.63) is 198 Å². The molecule has 3 heterocycles. The number of benzene rings is 8. The second-order valence-electron chi connectivity index (χ2n) is 14.1. The maximum absolute atomic E-state index is 6.65. The summed E-state index contributed by atoms with van der Waals surface area (Å²) in [6.07, 6.45) is 0. The van der Waals surface area contributed by atoms with Crippen LogP contribution in [0.4, 0.5) is 0 Å². The summed E-state index contributed by atoms with van der Waals surface area (Å²) >= 11 is 0. The molecule has 1 spiro atoms. The van der Waals surface area contributed by atoms with Gasteiger partial charge in [0.25, 0.3) is 0 Å². The van der Waals surface area contributed by atoms with Crippen molar-refractivity contribution in [1.29, 1.82) is 0 Å². The molecule has 0 unspecified atom stereocenters. The van der Waals surface area contributed by atoms with E-state index in [0.717, 1.165) is 61.8 Å². The Balaban J connectivity index is 1.30. The van der Waals surface area contributed by atoms with Crippen LogP contribution < -0.4 is 4.74 Å². The molecule has 0 saturated carbocycles. The fraction of sp³-hybridized carbons (Fsp3) is 0.0204. The van der Waals surface area contributed by atoms with E-state index in [1.165, 1.54) is 43.8 Å². The number of hydrogen-bond donors (Lipinski definition) is 0. The average molecular weight is 676 g/mol. The Morgan fingerprint density at radius 1 is 0.453 bits per heavy atom. The summed E-state index contributed by atoms with van der Waals surface area (Å²) in [6.45, 7) is 0. The van der Waals surface area contributed by atoms with Crippen LogP contribution in [0.1, 0.15) is 22.3 Å². The molecule has 2 aromatic heterocycles. The van der Waals surface area contributed by atoms with Gasteiger partial charge in [-0.1, -0.05) is 133 Å². The maximum atomic E-state index is 6.65. The average Bonchev–Trinajstić information content (AvgIpc) is 3.70. The van der Waals surface area contributed by atoms with Gasteiger partial charge in [-0.05, 0) is 75.5 Å². The number of rotatable bonds is 2. The molecule has 4 heteroatoms. The molecule has 4 nitrogen and oxygen atoms in total. The van der Waals surface area contributed by atoms with Crippen molar-refractivity contribution in [2.24, 2.45) is 0 Å². The number of hydrogen-bond acceptors (Lipinski definition) is 3. The maximum Gasteiger partial charge on any atom is 0.165 e. The largest absolute Gasteiger partial charge is 0.457 e. The van der Waals surface area contributed by atoms with Gasteiger partial charge in [-0.3, -0.25) is 4.57 Å². The fourth-order valence-corrected chi connectivity index (χ4v) is 9.30. The third-order valence-corrected chi connectivity index (χ3v) is 11.4. The summed E-state index contributed by atoms with van der Waals surface area (Å²) in [4.78, 5) is 10.8. The second kappa shape index (κ2) is 10.5. The van der Waals surface area contributed by atoms with Crippen molar-refractivity contribution in [3.63, 3.8) is 0 Å². The van der Waals surface area contributed by atoms with Crippen LogP contribution in [0.2, 0.25) is 0 Å². The molecule has 0 N–H and O–H groups in total. The smallest absolute Gasteiger partial charge is 0.165 e. The molecule has 0 amide bonds. The van der Waals surface area contributed by atoms with E-state index in [1.807, 2.05) is 24.3 Å². The summed E-state index contributed by atoms with van der Waals surface area (Å²) < 4.78 is 9.02. The van der Waals surface area contributed by atoms with E-state index in [4.69, 9.17) is 14.7 Å².